The van der Waals surface area contributed by atoms with E-state index in [1.807, 2.05) is 0 Å². The molecule has 2 aliphatic heterocycles. The van der Waals surface area contributed by atoms with Crippen molar-refractivity contribution in [3.8, 4) is 5.75 Å². The van der Waals surface area contributed by atoms with Crippen LogP contribution in [0.15, 0.2) is 48.6 Å². The zero-order valence-corrected chi connectivity index (χ0v) is 19.7. The minimum absolute atomic E-state index is 0.526. The van der Waals surface area contributed by atoms with Crippen LogP contribution in [0, 0.1) is 0 Å². The summed E-state index contributed by atoms with van der Waals surface area (Å²) in [5.41, 5.74) is 1.37. The second kappa shape index (κ2) is 15.3. The molecule has 1 unspecified atom stereocenters. The molecule has 0 amide bonds. The molecular formula is C24H32N2O9. The van der Waals surface area contributed by atoms with E-state index >= 15 is 0 Å². The van der Waals surface area contributed by atoms with Gasteiger partial charge in [0.15, 0.2) is 0 Å². The Morgan fingerprint density at radius 1 is 0.857 bits per heavy atom. The number of hydrogen-bond acceptors (Lipinski definition) is 7. The highest BCUT2D eigenvalue weighted by Crippen LogP contribution is 2.37. The lowest BCUT2D eigenvalue weighted by Crippen LogP contribution is -2.44. The molecule has 2 heterocycles. The fourth-order valence-corrected chi connectivity index (χ4v) is 3.69. The fraction of sp³-hybridized carbons (Fsp3) is 0.417. The fourth-order valence-electron chi connectivity index (χ4n) is 3.69. The van der Waals surface area contributed by atoms with Gasteiger partial charge in [-0.15, -0.1) is 0 Å². The molecule has 1 saturated heterocycles. The standard InChI is InChI=1S/C16H24N2O.2C4H4O4/c1-17-10-7-13(8-11-17)18(2)15-9-12-19-16-6-4-3-5-14(15)16;2*5-3(6)1-2-4(7)8/h3-6,13,15H,7-12H2,1-2H3;2*1-2H,(H,5,6)(H,7,8)/b;2*2-1-. The van der Waals surface area contributed by atoms with Gasteiger partial charge in [-0.25, -0.2) is 19.2 Å². The zero-order chi connectivity index (χ0) is 26.4. The smallest absolute Gasteiger partial charge is 0.328 e. The molecule has 192 valence electrons. The summed E-state index contributed by atoms with van der Waals surface area (Å²) < 4.78 is 5.77. The maximum atomic E-state index is 9.55. The lowest BCUT2D eigenvalue weighted by molar-refractivity contribution is -0.134. The van der Waals surface area contributed by atoms with Gasteiger partial charge in [-0.05, 0) is 46.1 Å². The third kappa shape index (κ3) is 11.8. The van der Waals surface area contributed by atoms with Gasteiger partial charge >= 0.3 is 23.9 Å². The SMILES string of the molecule is CN1CCC(N(C)C2CCOc3ccccc32)CC1.O=C(O)/C=C\C(=O)O.O=C(O)/C=C\C(=O)O. The summed E-state index contributed by atoms with van der Waals surface area (Å²) in [7, 11) is 4.52. The number of benzene rings is 1. The van der Waals surface area contributed by atoms with Gasteiger partial charge in [-0.3, -0.25) is 4.90 Å². The normalized spacial score (nSPS) is 18.0. The number of para-hydroxylation sites is 1. The summed E-state index contributed by atoms with van der Waals surface area (Å²) in [6.45, 7) is 3.29. The third-order valence-electron chi connectivity index (χ3n) is 5.42. The van der Waals surface area contributed by atoms with Gasteiger partial charge in [-0.1, -0.05) is 18.2 Å². The van der Waals surface area contributed by atoms with Gasteiger partial charge in [0.1, 0.15) is 5.75 Å². The lowest BCUT2D eigenvalue weighted by Gasteiger charge is -2.41. The molecule has 4 N–H and O–H groups in total. The average molecular weight is 493 g/mol. The molecule has 11 nitrogen and oxygen atoms in total. The Morgan fingerprint density at radius 2 is 1.31 bits per heavy atom. The molecule has 1 fully saturated rings. The van der Waals surface area contributed by atoms with Crippen molar-refractivity contribution in [2.24, 2.45) is 0 Å². The van der Waals surface area contributed by atoms with Crippen LogP contribution >= 0.6 is 0 Å². The highest BCUT2D eigenvalue weighted by molar-refractivity contribution is 5.90. The van der Waals surface area contributed by atoms with Gasteiger partial charge in [0, 0.05) is 48.4 Å². The van der Waals surface area contributed by atoms with Gasteiger partial charge in [0.25, 0.3) is 0 Å². The number of ether oxygens (including phenoxy) is 1. The Kier molecular flexibility index (Phi) is 12.8. The number of likely N-dealkylation sites (tertiary alicyclic amines) is 1. The Hall–Kier alpha value is -3.70. The van der Waals surface area contributed by atoms with E-state index in [1.54, 1.807) is 0 Å². The van der Waals surface area contributed by atoms with Gasteiger partial charge in [0.2, 0.25) is 0 Å². The van der Waals surface area contributed by atoms with E-state index in [0.29, 0.717) is 36.4 Å². The first-order chi connectivity index (χ1) is 16.5. The van der Waals surface area contributed by atoms with Crippen molar-refractivity contribution < 1.29 is 44.3 Å². The number of rotatable bonds is 6. The van der Waals surface area contributed by atoms with E-state index in [4.69, 9.17) is 25.2 Å². The monoisotopic (exact) mass is 492 g/mol. The van der Waals surface area contributed by atoms with Crippen LogP contribution in [-0.4, -0.2) is 93.9 Å². The van der Waals surface area contributed by atoms with Crippen molar-refractivity contribution in [3.05, 3.63) is 54.1 Å². The number of aliphatic carboxylic acids is 4. The quantitative estimate of drug-likeness (QED) is 0.429. The van der Waals surface area contributed by atoms with E-state index in [0.717, 1.165) is 18.8 Å². The van der Waals surface area contributed by atoms with Crippen molar-refractivity contribution in [2.45, 2.75) is 31.3 Å². The molecule has 1 aromatic rings. The average Bonchev–Trinajstić information content (AvgIpc) is 2.82. The topological polar surface area (TPSA) is 165 Å². The number of carboxylic acids is 4. The highest BCUT2D eigenvalue weighted by atomic mass is 16.5. The molecular weight excluding hydrogens is 460 g/mol. The first kappa shape index (κ1) is 29.3. The third-order valence-corrected chi connectivity index (χ3v) is 5.42. The highest BCUT2D eigenvalue weighted by Gasteiger charge is 2.30. The number of piperidine rings is 1. The van der Waals surface area contributed by atoms with Crippen molar-refractivity contribution in [2.75, 3.05) is 33.8 Å². The first-order valence-electron chi connectivity index (χ1n) is 10.9. The molecule has 1 aromatic carbocycles. The lowest BCUT2D eigenvalue weighted by atomic mass is 9.95. The molecule has 0 saturated carbocycles. The summed E-state index contributed by atoms with van der Waals surface area (Å²) in [4.78, 5) is 43.2. The Labute approximate surface area is 203 Å². The van der Waals surface area contributed by atoms with E-state index in [1.165, 1.54) is 31.5 Å². The number of fused-ring (bicyclic) bond motifs is 1. The molecule has 0 aliphatic carbocycles. The minimum Gasteiger partial charge on any atom is -0.493 e. The largest absolute Gasteiger partial charge is 0.493 e. The van der Waals surface area contributed by atoms with Crippen LogP contribution in [0.4, 0.5) is 0 Å². The molecule has 1 atom stereocenters. The zero-order valence-electron chi connectivity index (χ0n) is 19.7. The molecule has 3 rings (SSSR count). The molecule has 0 bridgehead atoms. The molecule has 2 aliphatic rings. The maximum Gasteiger partial charge on any atom is 0.328 e. The van der Waals surface area contributed by atoms with Crippen LogP contribution in [0.3, 0.4) is 0 Å². The summed E-state index contributed by atoms with van der Waals surface area (Å²) >= 11 is 0. The number of nitrogens with zero attached hydrogens (tertiary/aromatic N) is 2. The van der Waals surface area contributed by atoms with Crippen molar-refractivity contribution in [1.29, 1.82) is 0 Å². The van der Waals surface area contributed by atoms with Crippen LogP contribution in [0.1, 0.15) is 30.9 Å². The van der Waals surface area contributed by atoms with E-state index in [9.17, 15) is 19.2 Å². The molecule has 35 heavy (non-hydrogen) atoms. The number of hydrogen-bond donors (Lipinski definition) is 4. The first-order valence-corrected chi connectivity index (χ1v) is 10.9. The van der Waals surface area contributed by atoms with Crippen LogP contribution in [0.5, 0.6) is 5.75 Å². The summed E-state index contributed by atoms with van der Waals surface area (Å²) in [5.74, 6) is -3.95. The molecule has 11 heteroatoms. The number of carboxylic acid groups (broad SMARTS) is 4. The Bertz CT molecular complexity index is 855. The van der Waals surface area contributed by atoms with Crippen LogP contribution in [0.2, 0.25) is 0 Å². The Morgan fingerprint density at radius 3 is 1.77 bits per heavy atom. The molecule has 0 aromatic heterocycles. The molecule has 0 radical (unpaired) electrons. The second-order valence-electron chi connectivity index (χ2n) is 7.91. The van der Waals surface area contributed by atoms with Crippen molar-refractivity contribution in [3.63, 3.8) is 0 Å². The predicted octanol–water partition coefficient (Wildman–Crippen LogP) is 1.96. The van der Waals surface area contributed by atoms with Crippen LogP contribution in [-0.2, 0) is 19.2 Å². The van der Waals surface area contributed by atoms with Crippen molar-refractivity contribution >= 4 is 23.9 Å². The predicted molar refractivity (Wildman–Crippen MR) is 126 cm³/mol. The second-order valence-corrected chi connectivity index (χ2v) is 7.91. The van der Waals surface area contributed by atoms with Crippen LogP contribution < -0.4 is 4.74 Å². The van der Waals surface area contributed by atoms with E-state index in [-0.39, 0.29) is 0 Å². The van der Waals surface area contributed by atoms with Crippen LogP contribution in [0.25, 0.3) is 0 Å². The van der Waals surface area contributed by atoms with E-state index < -0.39 is 23.9 Å². The summed E-state index contributed by atoms with van der Waals surface area (Å²) in [6, 6.07) is 9.76. The maximum absolute atomic E-state index is 9.55. The number of carbonyl (C=O) groups is 4. The van der Waals surface area contributed by atoms with Gasteiger partial charge in [0.05, 0.1) is 6.61 Å². The van der Waals surface area contributed by atoms with Crippen molar-refractivity contribution in [1.82, 2.24) is 9.80 Å². The van der Waals surface area contributed by atoms with Gasteiger partial charge < -0.3 is 30.1 Å². The summed E-state index contributed by atoms with van der Waals surface area (Å²) in [5, 5.41) is 31.2. The Balaban J connectivity index is 0.000000320. The molecule has 0 spiro atoms. The van der Waals surface area contributed by atoms with Gasteiger partial charge in [-0.2, -0.15) is 0 Å². The summed E-state index contributed by atoms with van der Waals surface area (Å²) in [6.07, 6.45) is 5.91. The van der Waals surface area contributed by atoms with E-state index in [2.05, 4.69) is 48.2 Å². The minimum atomic E-state index is -1.26.